The van der Waals surface area contributed by atoms with E-state index in [1.165, 1.54) is 16.7 Å². The number of carbonyl (C=O) groups excluding carboxylic acids is 1. The van der Waals surface area contributed by atoms with E-state index in [0.717, 1.165) is 23.9 Å². The van der Waals surface area contributed by atoms with Crippen molar-refractivity contribution in [2.45, 2.75) is 30.1 Å². The van der Waals surface area contributed by atoms with Crippen LogP contribution in [0.4, 0.5) is 18.9 Å². The van der Waals surface area contributed by atoms with Gasteiger partial charge in [-0.3, -0.25) is 14.2 Å². The Balaban J connectivity index is 1.85. The number of hydrogen-bond acceptors (Lipinski definition) is 5. The van der Waals surface area contributed by atoms with Crippen LogP contribution in [-0.2, 0) is 17.5 Å². The van der Waals surface area contributed by atoms with Crippen molar-refractivity contribution in [2.24, 2.45) is 0 Å². The Labute approximate surface area is 187 Å². The fourth-order valence-electron chi connectivity index (χ4n) is 2.96. The van der Waals surface area contributed by atoms with E-state index in [1.54, 1.807) is 31.2 Å². The number of alkyl halides is 3. The van der Waals surface area contributed by atoms with Crippen molar-refractivity contribution in [1.82, 2.24) is 14.5 Å². The van der Waals surface area contributed by atoms with Crippen LogP contribution in [0.2, 0.25) is 0 Å². The van der Waals surface area contributed by atoms with Crippen LogP contribution < -0.4 is 10.9 Å². The number of carbonyl (C=O) groups is 1. The van der Waals surface area contributed by atoms with Gasteiger partial charge in [-0.25, -0.2) is 4.98 Å². The first-order valence-electron chi connectivity index (χ1n) is 9.85. The van der Waals surface area contributed by atoms with Gasteiger partial charge in [0.1, 0.15) is 0 Å². The zero-order valence-electron chi connectivity index (χ0n) is 17.8. The molecule has 0 aliphatic heterocycles. The van der Waals surface area contributed by atoms with Crippen LogP contribution in [0.3, 0.4) is 0 Å². The highest BCUT2D eigenvalue weighted by molar-refractivity contribution is 8.00. The molecule has 0 unspecified atom stereocenters. The molecule has 1 aromatic heterocycles. The summed E-state index contributed by atoms with van der Waals surface area (Å²) in [6, 6.07) is 11.4. The van der Waals surface area contributed by atoms with E-state index in [9.17, 15) is 22.8 Å². The predicted octanol–water partition coefficient (Wildman–Crippen LogP) is 4.10. The maximum atomic E-state index is 13.0. The third-order valence-corrected chi connectivity index (χ3v) is 5.80. The summed E-state index contributed by atoms with van der Waals surface area (Å²) < 4.78 is 40.3. The van der Waals surface area contributed by atoms with Crippen LogP contribution >= 0.6 is 11.8 Å². The molecule has 0 aliphatic rings. The molecular formula is C22H23F3N4O2S. The molecule has 1 N–H and O–H groups in total. The van der Waals surface area contributed by atoms with Gasteiger partial charge in [-0.15, -0.1) is 0 Å². The number of rotatable bonds is 7. The molecule has 2 aromatic carbocycles. The molecule has 0 aliphatic carbocycles. The Morgan fingerprint density at radius 1 is 1.19 bits per heavy atom. The molecule has 0 radical (unpaired) electrons. The molecule has 10 heteroatoms. The number of fused-ring (bicyclic) bond motifs is 1. The minimum atomic E-state index is -4.50. The fourth-order valence-corrected chi connectivity index (χ4v) is 3.90. The van der Waals surface area contributed by atoms with Gasteiger partial charge in [0.2, 0.25) is 5.91 Å². The highest BCUT2D eigenvalue weighted by atomic mass is 32.2. The van der Waals surface area contributed by atoms with Gasteiger partial charge in [-0.05, 0) is 51.4 Å². The van der Waals surface area contributed by atoms with Crippen LogP contribution in [0.1, 0.15) is 12.5 Å². The monoisotopic (exact) mass is 464 g/mol. The van der Waals surface area contributed by atoms with E-state index in [-0.39, 0.29) is 11.2 Å². The summed E-state index contributed by atoms with van der Waals surface area (Å²) in [5.74, 6) is -0.490. The largest absolute Gasteiger partial charge is 0.416 e. The zero-order chi connectivity index (χ0) is 23.5. The maximum absolute atomic E-state index is 13.0. The SMILES string of the molecule is C[C@H](Sc1nc2ccccc2c(=O)n1CCN(C)C)C(=O)Nc1cccc(C(F)(F)F)c1. The van der Waals surface area contributed by atoms with E-state index in [4.69, 9.17) is 0 Å². The zero-order valence-corrected chi connectivity index (χ0v) is 18.6. The van der Waals surface area contributed by atoms with Crippen LogP contribution in [0.5, 0.6) is 0 Å². The van der Waals surface area contributed by atoms with Gasteiger partial charge in [-0.2, -0.15) is 13.2 Å². The molecule has 0 bridgehead atoms. The van der Waals surface area contributed by atoms with E-state index in [2.05, 4.69) is 10.3 Å². The third kappa shape index (κ3) is 5.68. The molecule has 0 spiro atoms. The number of amides is 1. The van der Waals surface area contributed by atoms with Gasteiger partial charge in [0.15, 0.2) is 5.16 Å². The summed E-state index contributed by atoms with van der Waals surface area (Å²) in [6.45, 7) is 2.59. The minimum Gasteiger partial charge on any atom is -0.325 e. The molecule has 6 nitrogen and oxygen atoms in total. The average molecular weight is 465 g/mol. The molecule has 170 valence electrons. The Kier molecular flexibility index (Phi) is 7.25. The summed E-state index contributed by atoms with van der Waals surface area (Å²) >= 11 is 1.09. The minimum absolute atomic E-state index is 0.0498. The molecule has 32 heavy (non-hydrogen) atoms. The number of anilines is 1. The number of benzene rings is 2. The van der Waals surface area contributed by atoms with E-state index >= 15 is 0 Å². The molecule has 0 saturated heterocycles. The number of nitrogens with one attached hydrogen (secondary N) is 1. The Morgan fingerprint density at radius 2 is 1.91 bits per heavy atom. The number of thioether (sulfide) groups is 1. The van der Waals surface area contributed by atoms with Crippen molar-refractivity contribution in [3.63, 3.8) is 0 Å². The third-order valence-electron chi connectivity index (χ3n) is 4.71. The first-order valence-corrected chi connectivity index (χ1v) is 10.7. The highest BCUT2D eigenvalue weighted by Crippen LogP contribution is 2.31. The van der Waals surface area contributed by atoms with E-state index < -0.39 is 22.9 Å². The number of para-hydroxylation sites is 1. The lowest BCUT2D eigenvalue weighted by Gasteiger charge is -2.18. The Morgan fingerprint density at radius 3 is 2.59 bits per heavy atom. The average Bonchev–Trinajstić information content (AvgIpc) is 2.73. The maximum Gasteiger partial charge on any atom is 0.416 e. The van der Waals surface area contributed by atoms with Gasteiger partial charge >= 0.3 is 6.18 Å². The second-order valence-electron chi connectivity index (χ2n) is 7.50. The Bertz CT molecular complexity index is 1180. The van der Waals surface area contributed by atoms with Crippen molar-refractivity contribution in [2.75, 3.05) is 26.0 Å². The van der Waals surface area contributed by atoms with Crippen molar-refractivity contribution in [3.05, 3.63) is 64.4 Å². The topological polar surface area (TPSA) is 67.2 Å². The van der Waals surface area contributed by atoms with Crippen molar-refractivity contribution >= 4 is 34.3 Å². The lowest BCUT2D eigenvalue weighted by atomic mass is 10.2. The predicted molar refractivity (Wildman–Crippen MR) is 120 cm³/mol. The second-order valence-corrected chi connectivity index (χ2v) is 8.81. The number of aromatic nitrogens is 2. The number of nitrogens with zero attached hydrogens (tertiary/aromatic N) is 3. The summed E-state index contributed by atoms with van der Waals surface area (Å²) in [7, 11) is 3.77. The van der Waals surface area contributed by atoms with Crippen molar-refractivity contribution in [3.8, 4) is 0 Å². The second kappa shape index (κ2) is 9.74. The number of hydrogen-bond donors (Lipinski definition) is 1. The van der Waals surface area contributed by atoms with Crippen LogP contribution in [0.25, 0.3) is 10.9 Å². The lowest BCUT2D eigenvalue weighted by molar-refractivity contribution is -0.137. The lowest BCUT2D eigenvalue weighted by Crippen LogP contribution is -2.30. The number of likely N-dealkylation sites (N-methyl/N-ethyl adjacent to an activating group) is 1. The van der Waals surface area contributed by atoms with Crippen LogP contribution in [0.15, 0.2) is 58.5 Å². The van der Waals surface area contributed by atoms with Gasteiger partial charge in [0.25, 0.3) is 5.56 Å². The van der Waals surface area contributed by atoms with Crippen LogP contribution in [0, 0.1) is 0 Å². The van der Waals surface area contributed by atoms with Gasteiger partial charge in [0, 0.05) is 18.8 Å². The smallest absolute Gasteiger partial charge is 0.325 e. The summed E-state index contributed by atoms with van der Waals surface area (Å²) in [5, 5.41) is 2.67. The first-order chi connectivity index (χ1) is 15.1. The van der Waals surface area contributed by atoms with Crippen LogP contribution in [-0.4, -0.2) is 46.2 Å². The normalized spacial score (nSPS) is 12.8. The highest BCUT2D eigenvalue weighted by Gasteiger charge is 2.30. The summed E-state index contributed by atoms with van der Waals surface area (Å²) in [6.07, 6.45) is -4.50. The molecule has 1 heterocycles. The van der Waals surface area contributed by atoms with E-state index in [1.807, 2.05) is 19.0 Å². The standard InChI is InChI=1S/C22H23F3N4O2S/c1-14(19(30)26-16-8-6-7-15(13-16)22(23,24)25)32-21-27-18-10-5-4-9-17(18)20(31)29(21)12-11-28(2)3/h4-10,13-14H,11-12H2,1-3H3,(H,26,30)/t14-/m0/s1. The van der Waals surface area contributed by atoms with Gasteiger partial charge in [-0.1, -0.05) is 30.0 Å². The van der Waals surface area contributed by atoms with Crippen molar-refractivity contribution in [1.29, 1.82) is 0 Å². The molecular weight excluding hydrogens is 441 g/mol. The summed E-state index contributed by atoms with van der Waals surface area (Å²) in [5.41, 5.74) is -0.477. The Hall–Kier alpha value is -2.85. The summed E-state index contributed by atoms with van der Waals surface area (Å²) in [4.78, 5) is 32.2. The first kappa shape index (κ1) is 23.8. The molecule has 0 saturated carbocycles. The van der Waals surface area contributed by atoms with Crippen molar-refractivity contribution < 1.29 is 18.0 Å². The van der Waals surface area contributed by atoms with Gasteiger partial charge in [0.05, 0.1) is 21.7 Å². The quantitative estimate of drug-likeness (QED) is 0.421. The molecule has 0 fully saturated rings. The molecule has 3 rings (SSSR count). The molecule has 1 atom stereocenters. The molecule has 3 aromatic rings. The van der Waals surface area contributed by atoms with Gasteiger partial charge < -0.3 is 10.2 Å². The van der Waals surface area contributed by atoms with E-state index in [0.29, 0.717) is 29.1 Å². The number of halogens is 3. The fraction of sp³-hybridized carbons (Fsp3) is 0.318. The molecule has 1 amide bonds.